The summed E-state index contributed by atoms with van der Waals surface area (Å²) in [5.74, 6) is -0.656. The molecule has 1 aliphatic heterocycles. The Morgan fingerprint density at radius 3 is 2.12 bits per heavy atom. The molecule has 1 fully saturated rings. The lowest BCUT2D eigenvalue weighted by Gasteiger charge is -2.39. The van der Waals surface area contributed by atoms with Gasteiger partial charge >= 0.3 is 5.97 Å². The van der Waals surface area contributed by atoms with Crippen LogP contribution in [0, 0.1) is 0 Å². The van der Waals surface area contributed by atoms with E-state index in [-0.39, 0.29) is 6.04 Å². The van der Waals surface area contributed by atoms with E-state index in [9.17, 15) is 9.90 Å². The summed E-state index contributed by atoms with van der Waals surface area (Å²) < 4.78 is 0. The molecule has 1 saturated heterocycles. The molecule has 4 nitrogen and oxygen atoms in total. The molecular formula is C13H26N2O2. The van der Waals surface area contributed by atoms with Gasteiger partial charge in [0, 0.05) is 32.2 Å². The number of nitrogens with zero attached hydrogens (tertiary/aromatic N) is 2. The van der Waals surface area contributed by atoms with E-state index in [1.165, 1.54) is 0 Å². The number of piperazine rings is 1. The van der Waals surface area contributed by atoms with Crippen molar-refractivity contribution in [2.24, 2.45) is 0 Å². The summed E-state index contributed by atoms with van der Waals surface area (Å²) in [7, 11) is 0. The number of carboxylic acid groups (broad SMARTS) is 1. The molecule has 0 aromatic heterocycles. The fourth-order valence-corrected chi connectivity index (χ4v) is 2.43. The summed E-state index contributed by atoms with van der Waals surface area (Å²) in [5.41, 5.74) is 0. The lowest BCUT2D eigenvalue weighted by molar-refractivity contribution is -0.144. The van der Waals surface area contributed by atoms with Crippen molar-refractivity contribution < 1.29 is 9.90 Å². The molecule has 0 radical (unpaired) electrons. The number of hydrogen-bond acceptors (Lipinski definition) is 3. The SMILES string of the molecule is CCCCC(C(=O)O)N1CCN(C(C)C)CC1. The molecular weight excluding hydrogens is 216 g/mol. The van der Waals surface area contributed by atoms with E-state index in [0.717, 1.165) is 45.4 Å². The van der Waals surface area contributed by atoms with Crippen molar-refractivity contribution in [2.75, 3.05) is 26.2 Å². The first-order valence-corrected chi connectivity index (χ1v) is 6.77. The zero-order valence-electron chi connectivity index (χ0n) is 11.4. The van der Waals surface area contributed by atoms with Gasteiger partial charge < -0.3 is 5.11 Å². The third-order valence-electron chi connectivity index (χ3n) is 3.64. The van der Waals surface area contributed by atoms with E-state index < -0.39 is 5.97 Å². The van der Waals surface area contributed by atoms with E-state index in [4.69, 9.17) is 0 Å². The molecule has 1 rings (SSSR count). The highest BCUT2D eigenvalue weighted by atomic mass is 16.4. The van der Waals surface area contributed by atoms with Crippen molar-refractivity contribution in [3.8, 4) is 0 Å². The van der Waals surface area contributed by atoms with Gasteiger partial charge in [0.05, 0.1) is 0 Å². The Labute approximate surface area is 105 Å². The quantitative estimate of drug-likeness (QED) is 0.769. The second-order valence-electron chi connectivity index (χ2n) is 5.16. The van der Waals surface area contributed by atoms with Crippen molar-refractivity contribution in [1.82, 2.24) is 9.80 Å². The summed E-state index contributed by atoms with van der Waals surface area (Å²) >= 11 is 0. The molecule has 1 aliphatic rings. The largest absolute Gasteiger partial charge is 0.480 e. The lowest BCUT2D eigenvalue weighted by Crippen LogP contribution is -2.54. The molecule has 1 N–H and O–H groups in total. The summed E-state index contributed by atoms with van der Waals surface area (Å²) in [4.78, 5) is 15.8. The smallest absolute Gasteiger partial charge is 0.320 e. The molecule has 1 heterocycles. The molecule has 17 heavy (non-hydrogen) atoms. The standard InChI is InChI=1S/C13H26N2O2/c1-4-5-6-12(13(16)17)15-9-7-14(8-10-15)11(2)3/h11-12H,4-10H2,1-3H3,(H,16,17). The Kier molecular flexibility index (Phi) is 5.92. The zero-order valence-corrected chi connectivity index (χ0v) is 11.4. The van der Waals surface area contributed by atoms with Gasteiger partial charge in [-0.05, 0) is 20.3 Å². The van der Waals surface area contributed by atoms with Crippen molar-refractivity contribution >= 4 is 5.97 Å². The van der Waals surface area contributed by atoms with Gasteiger partial charge in [-0.3, -0.25) is 14.6 Å². The van der Waals surface area contributed by atoms with Crippen LogP contribution in [0.25, 0.3) is 0 Å². The molecule has 0 bridgehead atoms. The second-order valence-corrected chi connectivity index (χ2v) is 5.16. The molecule has 0 aromatic rings. The van der Waals surface area contributed by atoms with Crippen LogP contribution in [-0.4, -0.2) is 59.1 Å². The highest BCUT2D eigenvalue weighted by Crippen LogP contribution is 2.14. The third kappa shape index (κ3) is 4.28. The van der Waals surface area contributed by atoms with Crippen LogP contribution < -0.4 is 0 Å². The normalized spacial score (nSPS) is 20.7. The average Bonchev–Trinajstić information content (AvgIpc) is 2.29. The van der Waals surface area contributed by atoms with E-state index in [0.29, 0.717) is 6.04 Å². The molecule has 0 amide bonds. The fraction of sp³-hybridized carbons (Fsp3) is 0.923. The van der Waals surface area contributed by atoms with Crippen molar-refractivity contribution in [1.29, 1.82) is 0 Å². The monoisotopic (exact) mass is 242 g/mol. The molecule has 1 unspecified atom stereocenters. The number of aliphatic carboxylic acids is 1. The summed E-state index contributed by atoms with van der Waals surface area (Å²) in [6.07, 6.45) is 2.85. The lowest BCUT2D eigenvalue weighted by atomic mass is 10.1. The zero-order chi connectivity index (χ0) is 12.8. The Bertz CT molecular complexity index is 236. The molecule has 1 atom stereocenters. The predicted molar refractivity (Wildman–Crippen MR) is 69.2 cm³/mol. The van der Waals surface area contributed by atoms with Gasteiger partial charge in [0.15, 0.2) is 0 Å². The van der Waals surface area contributed by atoms with Crippen LogP contribution >= 0.6 is 0 Å². The Hall–Kier alpha value is -0.610. The van der Waals surface area contributed by atoms with Gasteiger partial charge in [-0.1, -0.05) is 19.8 Å². The molecule has 0 aromatic carbocycles. The molecule has 0 aliphatic carbocycles. The van der Waals surface area contributed by atoms with Crippen molar-refractivity contribution in [3.05, 3.63) is 0 Å². The highest BCUT2D eigenvalue weighted by Gasteiger charge is 2.28. The average molecular weight is 242 g/mol. The topological polar surface area (TPSA) is 43.8 Å². The number of hydrogen-bond donors (Lipinski definition) is 1. The first-order chi connectivity index (χ1) is 8.06. The number of rotatable bonds is 6. The number of unbranched alkanes of at least 4 members (excludes halogenated alkanes) is 1. The molecule has 100 valence electrons. The fourth-order valence-electron chi connectivity index (χ4n) is 2.43. The minimum atomic E-state index is -0.656. The van der Waals surface area contributed by atoms with Gasteiger partial charge in [0.25, 0.3) is 0 Å². The van der Waals surface area contributed by atoms with Crippen LogP contribution in [0.5, 0.6) is 0 Å². The van der Waals surface area contributed by atoms with E-state index >= 15 is 0 Å². The van der Waals surface area contributed by atoms with Crippen molar-refractivity contribution in [2.45, 2.75) is 52.1 Å². The van der Waals surface area contributed by atoms with Gasteiger partial charge in [-0.25, -0.2) is 0 Å². The van der Waals surface area contributed by atoms with Gasteiger partial charge in [0.1, 0.15) is 6.04 Å². The maximum Gasteiger partial charge on any atom is 0.320 e. The van der Waals surface area contributed by atoms with E-state index in [1.54, 1.807) is 0 Å². The van der Waals surface area contributed by atoms with Crippen LogP contribution in [0.2, 0.25) is 0 Å². The minimum Gasteiger partial charge on any atom is -0.480 e. The maximum atomic E-state index is 11.3. The van der Waals surface area contributed by atoms with Gasteiger partial charge in [-0.15, -0.1) is 0 Å². The van der Waals surface area contributed by atoms with Crippen LogP contribution in [0.15, 0.2) is 0 Å². The highest BCUT2D eigenvalue weighted by molar-refractivity contribution is 5.73. The molecule has 0 spiro atoms. The van der Waals surface area contributed by atoms with Crippen molar-refractivity contribution in [3.63, 3.8) is 0 Å². The summed E-state index contributed by atoms with van der Waals surface area (Å²) in [6, 6.07) is 0.292. The maximum absolute atomic E-state index is 11.3. The summed E-state index contributed by atoms with van der Waals surface area (Å²) in [5, 5.41) is 9.27. The van der Waals surface area contributed by atoms with Crippen LogP contribution in [-0.2, 0) is 4.79 Å². The number of carboxylic acids is 1. The minimum absolute atomic E-state index is 0.274. The third-order valence-corrected chi connectivity index (χ3v) is 3.64. The van der Waals surface area contributed by atoms with Crippen LogP contribution in [0.1, 0.15) is 40.0 Å². The Balaban J connectivity index is 2.46. The van der Waals surface area contributed by atoms with Gasteiger partial charge in [-0.2, -0.15) is 0 Å². The summed E-state index contributed by atoms with van der Waals surface area (Å²) in [6.45, 7) is 10.3. The van der Waals surface area contributed by atoms with Crippen LogP contribution in [0.3, 0.4) is 0 Å². The molecule has 0 saturated carbocycles. The Morgan fingerprint density at radius 2 is 1.71 bits per heavy atom. The first-order valence-electron chi connectivity index (χ1n) is 6.77. The van der Waals surface area contributed by atoms with Gasteiger partial charge in [0.2, 0.25) is 0 Å². The van der Waals surface area contributed by atoms with Crippen LogP contribution in [0.4, 0.5) is 0 Å². The van der Waals surface area contributed by atoms with E-state index in [2.05, 4.69) is 30.6 Å². The molecule has 4 heteroatoms. The van der Waals surface area contributed by atoms with E-state index in [1.807, 2.05) is 0 Å². The Morgan fingerprint density at radius 1 is 1.18 bits per heavy atom. The number of carbonyl (C=O) groups is 1. The first kappa shape index (κ1) is 14.5. The second kappa shape index (κ2) is 6.97. The predicted octanol–water partition coefficient (Wildman–Crippen LogP) is 1.66.